The number of pyridine rings is 1. The Bertz CT molecular complexity index is 1330. The highest BCUT2D eigenvalue weighted by molar-refractivity contribution is 6.30. The largest absolute Gasteiger partial charge is 0.322 e. The molecule has 0 unspecified atom stereocenters. The molecule has 0 radical (unpaired) electrons. The summed E-state index contributed by atoms with van der Waals surface area (Å²) in [4.78, 5) is 37.5. The third kappa shape index (κ3) is 4.77. The Morgan fingerprint density at radius 3 is 2.12 bits per heavy atom. The predicted molar refractivity (Wildman–Crippen MR) is 126 cm³/mol. The summed E-state index contributed by atoms with van der Waals surface area (Å²) in [5, 5.41) is 6.14. The second-order valence-corrected chi connectivity index (χ2v) is 7.35. The lowest BCUT2D eigenvalue weighted by Gasteiger charge is -2.12. The van der Waals surface area contributed by atoms with E-state index >= 15 is 0 Å². The summed E-state index contributed by atoms with van der Waals surface area (Å²) < 4.78 is 1.48. The summed E-state index contributed by atoms with van der Waals surface area (Å²) in [6, 6.07) is 25.0. The fourth-order valence-electron chi connectivity index (χ4n) is 3.13. The van der Waals surface area contributed by atoms with Crippen molar-refractivity contribution in [2.75, 3.05) is 10.6 Å². The number of para-hydroxylation sites is 1. The summed E-state index contributed by atoms with van der Waals surface area (Å²) in [6.45, 7) is 0. The van der Waals surface area contributed by atoms with Crippen molar-refractivity contribution in [2.45, 2.75) is 0 Å². The highest BCUT2D eigenvalue weighted by atomic mass is 35.5. The van der Waals surface area contributed by atoms with Crippen LogP contribution in [-0.2, 0) is 0 Å². The van der Waals surface area contributed by atoms with E-state index in [0.717, 1.165) is 0 Å². The minimum absolute atomic E-state index is 0.162. The number of amides is 2. The maximum Gasteiger partial charge on any atom is 0.257 e. The second-order valence-electron chi connectivity index (χ2n) is 6.92. The molecule has 0 atom stereocenters. The van der Waals surface area contributed by atoms with Gasteiger partial charge in [0.1, 0.15) is 0 Å². The van der Waals surface area contributed by atoms with E-state index in [2.05, 4.69) is 10.6 Å². The van der Waals surface area contributed by atoms with E-state index < -0.39 is 0 Å². The molecule has 4 rings (SSSR count). The van der Waals surface area contributed by atoms with Crippen LogP contribution in [0.1, 0.15) is 20.7 Å². The van der Waals surface area contributed by atoms with Crippen LogP contribution in [0.2, 0.25) is 5.02 Å². The van der Waals surface area contributed by atoms with Crippen LogP contribution in [0, 0.1) is 0 Å². The van der Waals surface area contributed by atoms with Gasteiger partial charge in [0.2, 0.25) is 0 Å². The van der Waals surface area contributed by atoms with Gasteiger partial charge in [-0.15, -0.1) is 0 Å². The summed E-state index contributed by atoms with van der Waals surface area (Å²) in [7, 11) is 0. The molecular formula is C25H18ClN3O3. The highest BCUT2D eigenvalue weighted by Crippen LogP contribution is 2.20. The summed E-state index contributed by atoms with van der Waals surface area (Å²) in [5.74, 6) is -0.731. The topological polar surface area (TPSA) is 80.2 Å². The minimum atomic E-state index is -0.372. The number of carbonyl (C=O) groups is 2. The van der Waals surface area contributed by atoms with Crippen LogP contribution in [0.3, 0.4) is 0 Å². The summed E-state index contributed by atoms with van der Waals surface area (Å²) in [5.41, 5.74) is 2.17. The van der Waals surface area contributed by atoms with E-state index in [0.29, 0.717) is 33.2 Å². The van der Waals surface area contributed by atoms with Crippen LogP contribution in [-0.4, -0.2) is 16.4 Å². The van der Waals surface area contributed by atoms with Gasteiger partial charge < -0.3 is 10.6 Å². The first kappa shape index (κ1) is 21.1. The lowest BCUT2D eigenvalue weighted by molar-refractivity contribution is 0.102. The number of carbonyl (C=O) groups excluding carboxylic acids is 2. The van der Waals surface area contributed by atoms with E-state index in [1.54, 1.807) is 91.1 Å². The fraction of sp³-hybridized carbons (Fsp3) is 0. The molecule has 0 fully saturated rings. The molecule has 4 aromatic rings. The van der Waals surface area contributed by atoms with E-state index in [1.165, 1.54) is 10.6 Å². The minimum Gasteiger partial charge on any atom is -0.322 e. The van der Waals surface area contributed by atoms with Gasteiger partial charge in [0.05, 0.1) is 11.3 Å². The van der Waals surface area contributed by atoms with Gasteiger partial charge in [0.25, 0.3) is 17.4 Å². The SMILES string of the molecule is O=C(Nc1ccccc1C(=O)Nc1ccc(Cl)cc1)c1ccc(-n2ccccc2=O)cc1. The van der Waals surface area contributed by atoms with Crippen LogP contribution >= 0.6 is 11.6 Å². The number of halogens is 1. The van der Waals surface area contributed by atoms with E-state index in [-0.39, 0.29) is 17.4 Å². The molecule has 0 saturated heterocycles. The fourth-order valence-corrected chi connectivity index (χ4v) is 3.26. The van der Waals surface area contributed by atoms with Crippen LogP contribution in [0.15, 0.2) is 102 Å². The van der Waals surface area contributed by atoms with Gasteiger partial charge in [-0.25, -0.2) is 0 Å². The molecule has 1 aromatic heterocycles. The standard InChI is InChI=1S/C25H18ClN3O3/c26-18-10-12-19(13-11-18)27-25(32)21-5-1-2-6-22(21)28-24(31)17-8-14-20(15-9-17)29-16-4-3-7-23(29)30/h1-16H,(H,27,32)(H,28,31). The number of benzene rings is 3. The van der Waals surface area contributed by atoms with Gasteiger partial charge in [0, 0.05) is 34.2 Å². The molecule has 32 heavy (non-hydrogen) atoms. The summed E-state index contributed by atoms with van der Waals surface area (Å²) >= 11 is 5.88. The zero-order valence-corrected chi connectivity index (χ0v) is 17.5. The number of anilines is 2. The van der Waals surface area contributed by atoms with Crippen molar-refractivity contribution >= 4 is 34.8 Å². The van der Waals surface area contributed by atoms with Crippen molar-refractivity contribution in [3.63, 3.8) is 0 Å². The Balaban J connectivity index is 1.51. The highest BCUT2D eigenvalue weighted by Gasteiger charge is 2.14. The first-order chi connectivity index (χ1) is 15.5. The molecule has 0 spiro atoms. The Hall–Kier alpha value is -4.16. The average Bonchev–Trinajstić information content (AvgIpc) is 2.81. The molecular weight excluding hydrogens is 426 g/mol. The second kappa shape index (κ2) is 9.32. The van der Waals surface area contributed by atoms with Gasteiger partial charge in [-0.05, 0) is 66.7 Å². The van der Waals surface area contributed by atoms with Crippen molar-refractivity contribution in [3.8, 4) is 5.69 Å². The van der Waals surface area contributed by atoms with Crippen molar-refractivity contribution in [1.82, 2.24) is 4.57 Å². The lowest BCUT2D eigenvalue weighted by atomic mass is 10.1. The summed E-state index contributed by atoms with van der Waals surface area (Å²) in [6.07, 6.45) is 1.66. The number of rotatable bonds is 5. The van der Waals surface area contributed by atoms with Crippen molar-refractivity contribution in [2.24, 2.45) is 0 Å². The van der Waals surface area contributed by atoms with Crippen LogP contribution in [0.25, 0.3) is 5.69 Å². The van der Waals surface area contributed by atoms with Crippen molar-refractivity contribution in [1.29, 1.82) is 0 Å². The zero-order valence-electron chi connectivity index (χ0n) is 16.8. The number of hydrogen-bond donors (Lipinski definition) is 2. The molecule has 6 nitrogen and oxygen atoms in total. The quantitative estimate of drug-likeness (QED) is 0.455. The first-order valence-electron chi connectivity index (χ1n) is 9.77. The monoisotopic (exact) mass is 443 g/mol. The molecule has 0 aliphatic rings. The van der Waals surface area contributed by atoms with Crippen LogP contribution in [0.5, 0.6) is 0 Å². The Labute approximate surface area is 189 Å². The number of aromatic nitrogens is 1. The molecule has 0 aliphatic heterocycles. The molecule has 0 aliphatic carbocycles. The van der Waals surface area contributed by atoms with Crippen molar-refractivity contribution in [3.05, 3.63) is 124 Å². The van der Waals surface area contributed by atoms with Gasteiger partial charge in [-0.2, -0.15) is 0 Å². The molecule has 0 saturated carbocycles. The molecule has 2 amide bonds. The van der Waals surface area contributed by atoms with Crippen LogP contribution < -0.4 is 16.2 Å². The molecule has 3 aromatic carbocycles. The third-order valence-electron chi connectivity index (χ3n) is 4.75. The van der Waals surface area contributed by atoms with E-state index in [4.69, 9.17) is 11.6 Å². The Kier molecular flexibility index (Phi) is 6.14. The number of hydrogen-bond acceptors (Lipinski definition) is 3. The molecule has 7 heteroatoms. The molecule has 1 heterocycles. The lowest BCUT2D eigenvalue weighted by Crippen LogP contribution is -2.18. The number of nitrogens with one attached hydrogen (secondary N) is 2. The van der Waals surface area contributed by atoms with Gasteiger partial charge in [0.15, 0.2) is 0 Å². The van der Waals surface area contributed by atoms with Gasteiger partial charge in [-0.3, -0.25) is 19.0 Å². The van der Waals surface area contributed by atoms with Crippen molar-refractivity contribution < 1.29 is 9.59 Å². The predicted octanol–water partition coefficient (Wildman–Crippen LogP) is 5.00. The van der Waals surface area contributed by atoms with E-state index in [1.807, 2.05) is 0 Å². The van der Waals surface area contributed by atoms with Crippen LogP contribution in [0.4, 0.5) is 11.4 Å². The Morgan fingerprint density at radius 1 is 0.719 bits per heavy atom. The smallest absolute Gasteiger partial charge is 0.257 e. The maximum atomic E-state index is 12.8. The molecule has 2 N–H and O–H groups in total. The molecule has 158 valence electrons. The van der Waals surface area contributed by atoms with E-state index in [9.17, 15) is 14.4 Å². The maximum absolute atomic E-state index is 12.8. The zero-order chi connectivity index (χ0) is 22.5. The third-order valence-corrected chi connectivity index (χ3v) is 5.00. The first-order valence-corrected chi connectivity index (χ1v) is 10.1. The number of nitrogens with zero attached hydrogens (tertiary/aromatic N) is 1. The van der Waals surface area contributed by atoms with Gasteiger partial charge in [-0.1, -0.05) is 29.8 Å². The van der Waals surface area contributed by atoms with Gasteiger partial charge >= 0.3 is 0 Å². The Morgan fingerprint density at radius 2 is 1.41 bits per heavy atom. The normalized spacial score (nSPS) is 10.4. The average molecular weight is 444 g/mol. The molecule has 0 bridgehead atoms.